The minimum Gasteiger partial charge on any atom is -0.458 e. The lowest BCUT2D eigenvalue weighted by Gasteiger charge is -2.36. The van der Waals surface area contributed by atoms with Crippen molar-refractivity contribution < 1.29 is 9.47 Å². The summed E-state index contributed by atoms with van der Waals surface area (Å²) in [5.74, 6) is 3.43. The van der Waals surface area contributed by atoms with Crippen molar-refractivity contribution in [2.45, 2.75) is 10.8 Å². The molecule has 2 aromatic heterocycles. The van der Waals surface area contributed by atoms with E-state index in [1.165, 1.54) is 132 Å². The van der Waals surface area contributed by atoms with Crippen LogP contribution in [-0.2, 0) is 10.8 Å². The lowest BCUT2D eigenvalue weighted by Crippen LogP contribution is -2.62. The molecule has 0 amide bonds. The van der Waals surface area contributed by atoms with Crippen LogP contribution in [0.25, 0.3) is 77.2 Å². The molecule has 13 aromatic carbocycles. The predicted octanol–water partition coefficient (Wildman–Crippen LogP) is 14.5. The van der Waals surface area contributed by atoms with Crippen molar-refractivity contribution in [1.29, 1.82) is 0 Å². The third-order valence-electron chi connectivity index (χ3n) is 20.8. The van der Waals surface area contributed by atoms with E-state index in [1.54, 1.807) is 0 Å². The molecule has 4 aliphatic heterocycles. The average molecular weight is 1090 g/mol. The summed E-state index contributed by atoms with van der Waals surface area (Å²) >= 11 is 0. The maximum atomic E-state index is 7.24. The van der Waals surface area contributed by atoms with Crippen molar-refractivity contribution in [3.63, 3.8) is 0 Å². The highest BCUT2D eigenvalue weighted by Gasteiger charge is 2.51. The van der Waals surface area contributed by atoms with Gasteiger partial charge in [-0.15, -0.1) is 0 Å². The fourth-order valence-corrected chi connectivity index (χ4v) is 17.8. The van der Waals surface area contributed by atoms with Crippen molar-refractivity contribution in [3.05, 3.63) is 324 Å². The number of benzene rings is 13. The van der Waals surface area contributed by atoms with Gasteiger partial charge < -0.3 is 18.6 Å². The summed E-state index contributed by atoms with van der Waals surface area (Å²) in [5, 5.41) is 5.09. The first kappa shape index (κ1) is 45.7. The van der Waals surface area contributed by atoms with Gasteiger partial charge >= 0.3 is 0 Å². The van der Waals surface area contributed by atoms with Crippen LogP contribution in [-0.4, -0.2) is 22.6 Å². The Morgan fingerprint density at radius 2 is 0.674 bits per heavy atom. The Hall–Kier alpha value is -10.8. The van der Waals surface area contributed by atoms with Crippen LogP contribution in [0.4, 0.5) is 0 Å². The van der Waals surface area contributed by atoms with Gasteiger partial charge in [0, 0.05) is 50.0 Å². The largest absolute Gasteiger partial charge is 0.458 e. The molecule has 0 saturated carbocycles. The highest BCUT2D eigenvalue weighted by molar-refractivity contribution is 7.02. The second kappa shape index (κ2) is 16.1. The number of aromatic nitrogens is 2. The summed E-state index contributed by atoms with van der Waals surface area (Å²) in [6.07, 6.45) is 0. The number of nitrogens with zero attached hydrogens (tertiary/aromatic N) is 2. The number of rotatable bonds is 4. The van der Waals surface area contributed by atoms with Crippen molar-refractivity contribution in [2.24, 2.45) is 0 Å². The van der Waals surface area contributed by atoms with E-state index in [-0.39, 0.29) is 13.4 Å². The highest BCUT2D eigenvalue weighted by atomic mass is 16.5. The molecule has 21 rings (SSSR count). The van der Waals surface area contributed by atoms with Gasteiger partial charge in [0.15, 0.2) is 0 Å². The molecule has 0 fully saturated rings. The van der Waals surface area contributed by atoms with Crippen molar-refractivity contribution in [3.8, 4) is 56.6 Å². The van der Waals surface area contributed by atoms with E-state index in [9.17, 15) is 0 Å². The average Bonchev–Trinajstić information content (AvgIpc) is 2.39. The Morgan fingerprint density at radius 1 is 0.291 bits per heavy atom. The van der Waals surface area contributed by atoms with Crippen LogP contribution in [0.3, 0.4) is 0 Å². The van der Waals surface area contributed by atoms with E-state index in [0.29, 0.717) is 0 Å². The number of ether oxygens (including phenoxy) is 2. The summed E-state index contributed by atoms with van der Waals surface area (Å²) in [7, 11) is 0. The zero-order valence-electron chi connectivity index (χ0n) is 46.4. The van der Waals surface area contributed by atoms with Gasteiger partial charge in [-0.25, -0.2) is 0 Å². The van der Waals surface area contributed by atoms with Gasteiger partial charge in [-0.05, 0) is 136 Å². The molecule has 0 atom stereocenters. The monoisotopic (exact) mass is 1090 g/mol. The first-order valence-corrected chi connectivity index (χ1v) is 30.1. The van der Waals surface area contributed by atoms with Crippen molar-refractivity contribution >= 4 is 89.8 Å². The molecule has 15 aromatic rings. The molecule has 0 saturated heterocycles. The molecule has 0 radical (unpaired) electrons. The van der Waals surface area contributed by atoms with E-state index in [1.807, 2.05) is 0 Å². The summed E-state index contributed by atoms with van der Waals surface area (Å²) in [6, 6.07) is 105. The summed E-state index contributed by atoms with van der Waals surface area (Å²) in [4.78, 5) is 0. The second-order valence-corrected chi connectivity index (χ2v) is 24.4. The molecular formula is C80H46B2N2O2. The van der Waals surface area contributed by atoms with Crippen LogP contribution in [0.15, 0.2) is 279 Å². The molecule has 394 valence electrons. The van der Waals surface area contributed by atoms with Gasteiger partial charge in [-0.1, -0.05) is 237 Å². The zero-order valence-corrected chi connectivity index (χ0v) is 46.4. The molecule has 0 bridgehead atoms. The minimum absolute atomic E-state index is 0.108. The highest BCUT2D eigenvalue weighted by Crippen LogP contribution is 2.61. The van der Waals surface area contributed by atoms with E-state index < -0.39 is 10.8 Å². The van der Waals surface area contributed by atoms with Gasteiger partial charge in [0.05, 0.1) is 21.9 Å². The van der Waals surface area contributed by atoms with Crippen LogP contribution in [0, 0.1) is 0 Å². The molecule has 4 nitrogen and oxygen atoms in total. The van der Waals surface area contributed by atoms with Crippen molar-refractivity contribution in [2.75, 3.05) is 0 Å². The Morgan fingerprint density at radius 3 is 1.09 bits per heavy atom. The summed E-state index contributed by atoms with van der Waals surface area (Å²) < 4.78 is 19.6. The number of fused-ring (bicyclic) bond motifs is 22. The van der Waals surface area contributed by atoms with Gasteiger partial charge in [0.25, 0.3) is 13.4 Å². The number of hydrogen-bond acceptors (Lipinski definition) is 2. The Bertz CT molecular complexity index is 5130. The lowest BCUT2D eigenvalue weighted by molar-refractivity contribution is 0.465. The SMILES string of the molecule is c1ccc(C2(c3ccccc3)c3ccccc3-c3c2ccc2c3c3cccc4c3n2-c2cccc3c2B4c2cc4c(cc2O3)Oc2cccc3c2B4c2cccc4c5c6c(ccc5n-3c24)C(c2ccccc2)(c2ccccc2)c2ccccc2-6)cc1. The normalized spacial score (nSPS) is 14.8. The first-order chi connectivity index (χ1) is 42.7. The van der Waals surface area contributed by atoms with E-state index in [2.05, 4.69) is 288 Å². The summed E-state index contributed by atoms with van der Waals surface area (Å²) in [6.45, 7) is -0.216. The molecule has 6 aliphatic rings. The Balaban J connectivity index is 0.797. The zero-order chi connectivity index (χ0) is 55.7. The lowest BCUT2D eigenvalue weighted by atomic mass is 9.31. The molecule has 2 aliphatic carbocycles. The number of hydrogen-bond donors (Lipinski definition) is 0. The van der Waals surface area contributed by atoms with Crippen LogP contribution < -0.4 is 42.3 Å². The van der Waals surface area contributed by atoms with E-state index in [0.717, 1.165) is 45.3 Å². The van der Waals surface area contributed by atoms with Gasteiger partial charge in [0.1, 0.15) is 23.0 Å². The quantitative estimate of drug-likeness (QED) is 0.164. The van der Waals surface area contributed by atoms with Gasteiger partial charge in [-0.2, -0.15) is 0 Å². The van der Waals surface area contributed by atoms with E-state index >= 15 is 0 Å². The first-order valence-electron chi connectivity index (χ1n) is 30.1. The van der Waals surface area contributed by atoms with Crippen molar-refractivity contribution in [1.82, 2.24) is 9.13 Å². The van der Waals surface area contributed by atoms with Crippen LogP contribution in [0.2, 0.25) is 0 Å². The molecule has 0 unspecified atom stereocenters. The topological polar surface area (TPSA) is 28.3 Å². The third-order valence-corrected chi connectivity index (χ3v) is 20.8. The maximum Gasteiger partial charge on any atom is 0.256 e. The van der Waals surface area contributed by atoms with Crippen LogP contribution in [0.5, 0.6) is 23.0 Å². The molecule has 6 heterocycles. The standard InChI is InChI=1S/C80H46B2N2O2/c1-5-21-47(22-6-1)79(48-23-7-2-8-24-48)55-33-15-13-29-51(55)71-57(79)41-43-63-73(71)53-31-17-35-59-77(53)83(63)65-37-19-39-67-75(65)81(59)61-45-62-70(46-69(61)85-67)86-68-40-20-38-66-76(68)82(62)60-36-18-32-54-74-64(84(66)78(54)60)44-42-58-72(74)52-30-14-16-34-56(52)80(58,49-25-9-3-10-26-49)50-27-11-4-12-28-50/h1-46H. The fraction of sp³-hybridized carbons (Fsp3) is 0.0250. The molecule has 86 heavy (non-hydrogen) atoms. The molecule has 6 heteroatoms. The number of para-hydroxylation sites is 2. The van der Waals surface area contributed by atoms with E-state index in [4.69, 9.17) is 9.47 Å². The van der Waals surface area contributed by atoms with Gasteiger partial charge in [-0.3, -0.25) is 0 Å². The smallest absolute Gasteiger partial charge is 0.256 e. The Labute approximate surface area is 496 Å². The third kappa shape index (κ3) is 5.26. The fourth-order valence-electron chi connectivity index (χ4n) is 17.8. The molecular weight excluding hydrogens is 1040 g/mol. The maximum absolute atomic E-state index is 7.24. The molecule has 0 N–H and O–H groups in total. The van der Waals surface area contributed by atoms with Crippen LogP contribution in [0.1, 0.15) is 44.5 Å². The van der Waals surface area contributed by atoms with Crippen LogP contribution >= 0.6 is 0 Å². The predicted molar refractivity (Wildman–Crippen MR) is 352 cm³/mol. The minimum atomic E-state index is -0.516. The van der Waals surface area contributed by atoms with Gasteiger partial charge in [0.2, 0.25) is 0 Å². The second-order valence-electron chi connectivity index (χ2n) is 24.4. The molecule has 0 spiro atoms. The summed E-state index contributed by atoms with van der Waals surface area (Å²) in [5.41, 5.74) is 28.9. The Kier molecular flexibility index (Phi) is 8.54.